The lowest BCUT2D eigenvalue weighted by Crippen LogP contribution is -2.48. The van der Waals surface area contributed by atoms with Gasteiger partial charge < -0.3 is 10.0 Å². The summed E-state index contributed by atoms with van der Waals surface area (Å²) >= 11 is 0. The van der Waals surface area contributed by atoms with Crippen LogP contribution in [-0.2, 0) is 4.79 Å². The minimum absolute atomic E-state index is 0.298. The maximum atomic E-state index is 13.4. The van der Waals surface area contributed by atoms with Gasteiger partial charge in [0.25, 0.3) is 0 Å². The maximum Gasteiger partial charge on any atom is 0.225 e. The number of amides is 1. The van der Waals surface area contributed by atoms with Crippen LogP contribution in [0.1, 0.15) is 95.0 Å². The molecule has 5 rings (SSSR count). The summed E-state index contributed by atoms with van der Waals surface area (Å²) < 4.78 is 0. The summed E-state index contributed by atoms with van der Waals surface area (Å²) in [6.07, 6.45) is 16.4. The highest BCUT2D eigenvalue weighted by molar-refractivity contribution is 5.79. The molecule has 1 amide bonds. The van der Waals surface area contributed by atoms with Gasteiger partial charge in [-0.2, -0.15) is 0 Å². The van der Waals surface area contributed by atoms with Gasteiger partial charge in [-0.25, -0.2) is 0 Å². The van der Waals surface area contributed by atoms with E-state index in [1.54, 1.807) is 6.07 Å². The maximum absolute atomic E-state index is 13.4. The molecule has 2 atom stereocenters. The molecule has 32 heavy (non-hydrogen) atoms. The van der Waals surface area contributed by atoms with Gasteiger partial charge >= 0.3 is 0 Å². The summed E-state index contributed by atoms with van der Waals surface area (Å²) in [6.45, 7) is 2.98. The van der Waals surface area contributed by atoms with Gasteiger partial charge in [0.1, 0.15) is 5.75 Å². The Morgan fingerprint density at radius 3 is 2.31 bits per heavy atom. The summed E-state index contributed by atoms with van der Waals surface area (Å²) in [5.74, 6) is 2.44. The van der Waals surface area contributed by atoms with Crippen molar-refractivity contribution in [2.24, 2.45) is 11.8 Å². The number of phenols is 1. The van der Waals surface area contributed by atoms with Crippen LogP contribution in [0.5, 0.6) is 5.75 Å². The molecule has 0 radical (unpaired) electrons. The first kappa shape index (κ1) is 22.3. The van der Waals surface area contributed by atoms with Gasteiger partial charge in [-0.15, -0.1) is 0 Å². The Balaban J connectivity index is 1.21. The minimum Gasteiger partial charge on any atom is -0.508 e. The fourth-order valence-electron chi connectivity index (χ4n) is 7.33. The highest BCUT2D eigenvalue weighted by Crippen LogP contribution is 2.43. The van der Waals surface area contributed by atoms with Crippen LogP contribution in [-0.4, -0.2) is 52.5 Å². The van der Waals surface area contributed by atoms with Crippen LogP contribution in [0.2, 0.25) is 0 Å². The molecule has 2 saturated heterocycles. The topological polar surface area (TPSA) is 43.8 Å². The monoisotopic (exact) mass is 438 g/mol. The van der Waals surface area contributed by atoms with Crippen LogP contribution >= 0.6 is 0 Å². The second kappa shape index (κ2) is 10.2. The molecule has 4 aliphatic rings. The average Bonchev–Trinajstić information content (AvgIpc) is 3.43. The molecule has 1 N–H and O–H groups in total. The second-order valence-electron chi connectivity index (χ2n) is 11.2. The van der Waals surface area contributed by atoms with Gasteiger partial charge in [0.15, 0.2) is 0 Å². The lowest BCUT2D eigenvalue weighted by molar-refractivity contribution is -0.136. The normalized spacial score (nSPS) is 29.4. The van der Waals surface area contributed by atoms with Crippen LogP contribution < -0.4 is 0 Å². The van der Waals surface area contributed by atoms with Crippen molar-refractivity contribution in [2.45, 2.75) is 101 Å². The van der Waals surface area contributed by atoms with Crippen LogP contribution in [0.4, 0.5) is 0 Å². The zero-order valence-electron chi connectivity index (χ0n) is 19.8. The number of piperidine rings is 1. The fourth-order valence-corrected chi connectivity index (χ4v) is 7.33. The number of aromatic hydroxyl groups is 1. The van der Waals surface area contributed by atoms with Gasteiger partial charge in [-0.1, -0.05) is 44.2 Å². The number of nitrogens with zero attached hydrogens (tertiary/aromatic N) is 2. The molecule has 4 fully saturated rings. The third-order valence-corrected chi connectivity index (χ3v) is 9.07. The Morgan fingerprint density at radius 1 is 0.938 bits per heavy atom. The molecule has 2 bridgehead atoms. The zero-order chi connectivity index (χ0) is 21.9. The van der Waals surface area contributed by atoms with Crippen molar-refractivity contribution in [3.63, 3.8) is 0 Å². The predicted molar refractivity (Wildman–Crippen MR) is 129 cm³/mol. The van der Waals surface area contributed by atoms with Crippen LogP contribution in [0.25, 0.3) is 0 Å². The van der Waals surface area contributed by atoms with Crippen LogP contribution in [0.15, 0.2) is 24.3 Å². The van der Waals surface area contributed by atoms with E-state index >= 15 is 0 Å². The van der Waals surface area contributed by atoms with Crippen molar-refractivity contribution in [3.05, 3.63) is 29.8 Å². The van der Waals surface area contributed by atoms with Crippen molar-refractivity contribution in [1.82, 2.24) is 9.80 Å². The third-order valence-electron chi connectivity index (χ3n) is 9.07. The highest BCUT2D eigenvalue weighted by atomic mass is 16.3. The van der Waals surface area contributed by atoms with Gasteiger partial charge in [-0.3, -0.25) is 9.69 Å². The SMILES string of the molecule is O=C(C1CCCC1)N(CCN1C2CCC1CC(c1cccc(O)c1)C2)CC1CCCCC1. The Labute approximate surface area is 194 Å². The van der Waals surface area contributed by atoms with Crippen molar-refractivity contribution in [1.29, 1.82) is 0 Å². The smallest absolute Gasteiger partial charge is 0.225 e. The van der Waals surface area contributed by atoms with Crippen LogP contribution in [0, 0.1) is 11.8 Å². The largest absolute Gasteiger partial charge is 0.508 e. The molecule has 4 heteroatoms. The van der Waals surface area contributed by atoms with E-state index in [-0.39, 0.29) is 0 Å². The second-order valence-corrected chi connectivity index (χ2v) is 11.2. The molecule has 2 aliphatic heterocycles. The van der Waals surface area contributed by atoms with Gasteiger partial charge in [0.2, 0.25) is 5.91 Å². The van der Waals surface area contributed by atoms with Gasteiger partial charge in [0, 0.05) is 37.6 Å². The van der Waals surface area contributed by atoms with Crippen molar-refractivity contribution < 1.29 is 9.90 Å². The lowest BCUT2D eigenvalue weighted by Gasteiger charge is -2.41. The molecule has 0 aromatic heterocycles. The molecule has 4 nitrogen and oxygen atoms in total. The summed E-state index contributed by atoms with van der Waals surface area (Å²) in [5, 5.41) is 9.92. The standard InChI is InChI=1S/C28H42N2O2/c31-27-12-6-11-23(19-27)24-17-25-13-14-26(18-24)30(25)16-15-29(20-21-7-2-1-3-8-21)28(32)22-9-4-5-10-22/h6,11-12,19,21-22,24-26,31H,1-5,7-10,13-18,20H2. The molecule has 2 heterocycles. The van der Waals surface area contributed by atoms with Gasteiger partial charge in [0.05, 0.1) is 0 Å². The van der Waals surface area contributed by atoms with E-state index < -0.39 is 0 Å². The Morgan fingerprint density at radius 2 is 1.62 bits per heavy atom. The first-order valence-corrected chi connectivity index (χ1v) is 13.5. The number of carbonyl (C=O) groups is 1. The summed E-state index contributed by atoms with van der Waals surface area (Å²) in [5.41, 5.74) is 1.30. The van der Waals surface area contributed by atoms with Crippen molar-refractivity contribution in [3.8, 4) is 5.75 Å². The highest BCUT2D eigenvalue weighted by Gasteiger charge is 2.41. The number of rotatable bonds is 7. The fraction of sp³-hybridized carbons (Fsp3) is 0.750. The molecule has 176 valence electrons. The first-order valence-electron chi connectivity index (χ1n) is 13.5. The Bertz CT molecular complexity index is 754. The molecule has 0 spiro atoms. The number of benzene rings is 1. The Kier molecular flexibility index (Phi) is 7.06. The number of phenolic OH excluding ortho intramolecular Hbond substituents is 1. The minimum atomic E-state index is 0.298. The predicted octanol–water partition coefficient (Wildman–Crippen LogP) is 5.70. The molecule has 2 unspecified atom stereocenters. The van der Waals surface area contributed by atoms with E-state index in [1.165, 1.54) is 76.2 Å². The van der Waals surface area contributed by atoms with Crippen LogP contribution in [0.3, 0.4) is 0 Å². The van der Waals surface area contributed by atoms with Gasteiger partial charge in [-0.05, 0) is 80.9 Å². The quantitative estimate of drug-likeness (QED) is 0.594. The number of hydrogen-bond acceptors (Lipinski definition) is 3. The van der Waals surface area contributed by atoms with E-state index in [1.807, 2.05) is 12.1 Å². The number of carbonyl (C=O) groups excluding carboxylic acids is 1. The summed E-state index contributed by atoms with van der Waals surface area (Å²) in [7, 11) is 0. The summed E-state index contributed by atoms with van der Waals surface area (Å²) in [4.78, 5) is 18.5. The van der Waals surface area contributed by atoms with Crippen molar-refractivity contribution in [2.75, 3.05) is 19.6 Å². The lowest BCUT2D eigenvalue weighted by atomic mass is 9.85. The van der Waals surface area contributed by atoms with E-state index in [2.05, 4.69) is 15.9 Å². The third kappa shape index (κ3) is 5.00. The molecule has 1 aromatic carbocycles. The molecular weight excluding hydrogens is 396 g/mol. The Hall–Kier alpha value is -1.55. The van der Waals surface area contributed by atoms with E-state index in [4.69, 9.17) is 0 Å². The molecular formula is C28H42N2O2. The average molecular weight is 439 g/mol. The van der Waals surface area contributed by atoms with E-state index in [0.29, 0.717) is 35.6 Å². The molecule has 1 aromatic rings. The first-order chi connectivity index (χ1) is 15.7. The molecule has 2 aliphatic carbocycles. The number of hydrogen-bond donors (Lipinski definition) is 1. The summed E-state index contributed by atoms with van der Waals surface area (Å²) in [6, 6.07) is 9.18. The van der Waals surface area contributed by atoms with E-state index in [0.717, 1.165) is 38.4 Å². The zero-order valence-corrected chi connectivity index (χ0v) is 19.8. The van der Waals surface area contributed by atoms with E-state index in [9.17, 15) is 9.90 Å². The van der Waals surface area contributed by atoms with Crippen molar-refractivity contribution >= 4 is 5.91 Å². The molecule has 2 saturated carbocycles. The number of fused-ring (bicyclic) bond motifs is 2.